The number of nitrogens with one attached hydrogen (secondary N) is 2. The van der Waals surface area contributed by atoms with Gasteiger partial charge in [-0.15, -0.1) is 0 Å². The highest BCUT2D eigenvalue weighted by atomic mass is 32.2. The summed E-state index contributed by atoms with van der Waals surface area (Å²) in [5, 5.41) is 2.69. The summed E-state index contributed by atoms with van der Waals surface area (Å²) in [6.45, 7) is 0.519. The van der Waals surface area contributed by atoms with E-state index in [1.54, 1.807) is 41.4 Å². The summed E-state index contributed by atoms with van der Waals surface area (Å²) in [4.78, 5) is 30.1. The molecule has 9 heteroatoms. The number of sulfonamides is 1. The quantitative estimate of drug-likeness (QED) is 0.656. The van der Waals surface area contributed by atoms with Gasteiger partial charge in [-0.25, -0.2) is 8.42 Å². The summed E-state index contributed by atoms with van der Waals surface area (Å²) < 4.78 is 28.4. The van der Waals surface area contributed by atoms with Crippen LogP contribution in [0.25, 0.3) is 0 Å². The molecule has 0 spiro atoms. The van der Waals surface area contributed by atoms with Gasteiger partial charge in [0.25, 0.3) is 15.9 Å². The van der Waals surface area contributed by atoms with Crippen molar-refractivity contribution in [2.75, 3.05) is 21.5 Å². The van der Waals surface area contributed by atoms with Gasteiger partial charge in [-0.1, -0.05) is 6.07 Å². The molecule has 0 bridgehead atoms. The molecule has 2 amide bonds. The Morgan fingerprint density at radius 1 is 1.10 bits per heavy atom. The lowest BCUT2D eigenvalue weighted by molar-refractivity contribution is -0.115. The second-order valence-electron chi connectivity index (χ2n) is 7.44. The van der Waals surface area contributed by atoms with E-state index in [2.05, 4.69) is 15.0 Å². The Morgan fingerprint density at radius 3 is 2.77 bits per heavy atom. The monoisotopic (exact) mass is 434 g/mol. The first-order valence-electron chi connectivity index (χ1n) is 9.71. The van der Waals surface area contributed by atoms with E-state index in [-0.39, 0.29) is 23.1 Å². The van der Waals surface area contributed by atoms with Crippen LogP contribution < -0.4 is 14.9 Å². The van der Waals surface area contributed by atoms with Crippen LogP contribution in [0.3, 0.4) is 0 Å². The number of benzene rings is 2. The number of pyridine rings is 1. The standard InChI is InChI=1S/C22H18N4O4S/c27-21-11-16-10-18(5-6-19(16)24-21)31(29,30)25-17-4-3-14-7-9-26(20(14)12-17)22(28)15-2-1-8-23-13-15/h1-6,8,10,12-13,25H,7,9,11H2,(H,24,27). The van der Waals surface area contributed by atoms with Gasteiger partial charge in [0.2, 0.25) is 5.91 Å². The average molecular weight is 434 g/mol. The van der Waals surface area contributed by atoms with Gasteiger partial charge < -0.3 is 10.2 Å². The molecule has 2 aliphatic rings. The van der Waals surface area contributed by atoms with Gasteiger partial charge in [0.1, 0.15) is 0 Å². The fourth-order valence-corrected chi connectivity index (χ4v) is 4.99. The minimum atomic E-state index is -3.86. The molecule has 156 valence electrons. The number of fused-ring (bicyclic) bond motifs is 2. The molecule has 0 radical (unpaired) electrons. The summed E-state index contributed by atoms with van der Waals surface area (Å²) in [6.07, 6.45) is 3.97. The van der Waals surface area contributed by atoms with Crippen molar-refractivity contribution in [1.82, 2.24) is 4.98 Å². The minimum absolute atomic E-state index is 0.0755. The zero-order chi connectivity index (χ0) is 21.6. The normalized spacial score (nSPS) is 14.7. The highest BCUT2D eigenvalue weighted by Gasteiger charge is 2.27. The van der Waals surface area contributed by atoms with Crippen molar-refractivity contribution in [2.24, 2.45) is 0 Å². The van der Waals surface area contributed by atoms with E-state index in [1.807, 2.05) is 6.07 Å². The third-order valence-corrected chi connectivity index (χ3v) is 6.78. The fraction of sp³-hybridized carbons (Fsp3) is 0.136. The molecule has 0 aliphatic carbocycles. The maximum Gasteiger partial charge on any atom is 0.261 e. The number of aromatic nitrogens is 1. The summed E-state index contributed by atoms with van der Waals surface area (Å²) >= 11 is 0. The maximum atomic E-state index is 12.9. The van der Waals surface area contributed by atoms with Gasteiger partial charge in [0, 0.05) is 30.3 Å². The molecule has 0 unspecified atom stereocenters. The topological polar surface area (TPSA) is 108 Å². The van der Waals surface area contributed by atoms with Crippen molar-refractivity contribution in [3.63, 3.8) is 0 Å². The van der Waals surface area contributed by atoms with E-state index in [0.29, 0.717) is 41.2 Å². The Labute approximate surface area is 179 Å². The first-order chi connectivity index (χ1) is 14.9. The van der Waals surface area contributed by atoms with Crippen LogP contribution >= 0.6 is 0 Å². The van der Waals surface area contributed by atoms with Crippen molar-refractivity contribution in [3.05, 3.63) is 77.6 Å². The largest absolute Gasteiger partial charge is 0.326 e. The Morgan fingerprint density at radius 2 is 1.97 bits per heavy atom. The van der Waals surface area contributed by atoms with Crippen molar-refractivity contribution in [2.45, 2.75) is 17.7 Å². The molecule has 5 rings (SSSR count). The maximum absolute atomic E-state index is 12.9. The predicted molar refractivity (Wildman–Crippen MR) is 116 cm³/mol. The number of amides is 2. The fourth-order valence-electron chi connectivity index (χ4n) is 3.89. The SMILES string of the molecule is O=C1Cc2cc(S(=O)(=O)Nc3ccc4c(c3)N(C(=O)c3cccnc3)CC4)ccc2N1. The van der Waals surface area contributed by atoms with Crippen LogP contribution in [0.15, 0.2) is 65.8 Å². The molecule has 0 atom stereocenters. The number of hydrogen-bond acceptors (Lipinski definition) is 5. The number of anilines is 3. The molecule has 31 heavy (non-hydrogen) atoms. The van der Waals surface area contributed by atoms with Crippen molar-refractivity contribution in [1.29, 1.82) is 0 Å². The highest BCUT2D eigenvalue weighted by Crippen LogP contribution is 2.33. The van der Waals surface area contributed by atoms with E-state index in [9.17, 15) is 18.0 Å². The van der Waals surface area contributed by atoms with Crippen molar-refractivity contribution >= 4 is 38.9 Å². The van der Waals surface area contributed by atoms with Crippen LogP contribution in [0, 0.1) is 0 Å². The van der Waals surface area contributed by atoms with Gasteiger partial charge in [-0.2, -0.15) is 0 Å². The van der Waals surface area contributed by atoms with E-state index in [4.69, 9.17) is 0 Å². The molecule has 3 heterocycles. The van der Waals surface area contributed by atoms with E-state index < -0.39 is 10.0 Å². The molecule has 8 nitrogen and oxygen atoms in total. The third-order valence-electron chi connectivity index (χ3n) is 5.40. The second-order valence-corrected chi connectivity index (χ2v) is 9.12. The van der Waals surface area contributed by atoms with E-state index >= 15 is 0 Å². The van der Waals surface area contributed by atoms with Gasteiger partial charge in [-0.3, -0.25) is 19.3 Å². The summed E-state index contributed by atoms with van der Waals surface area (Å²) in [6, 6.07) is 13.1. The van der Waals surface area contributed by atoms with Gasteiger partial charge in [-0.05, 0) is 60.0 Å². The number of carbonyl (C=O) groups excluding carboxylic acids is 2. The molecule has 0 saturated heterocycles. The smallest absolute Gasteiger partial charge is 0.261 e. The number of carbonyl (C=O) groups is 2. The van der Waals surface area contributed by atoms with Gasteiger partial charge in [0.15, 0.2) is 0 Å². The summed E-state index contributed by atoms with van der Waals surface area (Å²) in [5.74, 6) is -0.336. The second kappa shape index (κ2) is 7.21. The first kappa shape index (κ1) is 19.3. The summed E-state index contributed by atoms with van der Waals surface area (Å²) in [5.41, 5.74) is 3.77. The first-order valence-corrected chi connectivity index (χ1v) is 11.2. The Hall–Kier alpha value is -3.72. The van der Waals surface area contributed by atoms with Gasteiger partial charge in [0.05, 0.1) is 22.6 Å². The number of nitrogens with zero attached hydrogens (tertiary/aromatic N) is 2. The number of rotatable bonds is 4. The van der Waals surface area contributed by atoms with Crippen LogP contribution in [0.5, 0.6) is 0 Å². The van der Waals surface area contributed by atoms with Crippen LogP contribution in [-0.4, -0.2) is 31.8 Å². The lowest BCUT2D eigenvalue weighted by atomic mass is 10.1. The predicted octanol–water partition coefficient (Wildman–Crippen LogP) is 2.58. The zero-order valence-corrected chi connectivity index (χ0v) is 17.1. The van der Waals surface area contributed by atoms with Gasteiger partial charge >= 0.3 is 0 Å². The van der Waals surface area contributed by atoms with Crippen LogP contribution in [0.1, 0.15) is 21.5 Å². The molecule has 2 N–H and O–H groups in total. The molecular weight excluding hydrogens is 416 g/mol. The zero-order valence-electron chi connectivity index (χ0n) is 16.3. The molecule has 0 fully saturated rings. The van der Waals surface area contributed by atoms with Crippen molar-refractivity contribution in [3.8, 4) is 0 Å². The summed E-state index contributed by atoms with van der Waals surface area (Å²) in [7, 11) is -3.86. The molecule has 3 aromatic rings. The highest BCUT2D eigenvalue weighted by molar-refractivity contribution is 7.92. The average Bonchev–Trinajstić information content (AvgIpc) is 3.35. The lowest BCUT2D eigenvalue weighted by Gasteiger charge is -2.18. The van der Waals surface area contributed by atoms with Crippen molar-refractivity contribution < 1.29 is 18.0 Å². The Balaban J connectivity index is 1.42. The lowest BCUT2D eigenvalue weighted by Crippen LogP contribution is -2.29. The Bertz CT molecular complexity index is 1320. The van der Waals surface area contributed by atoms with Crippen LogP contribution in [0.4, 0.5) is 17.1 Å². The molecular formula is C22H18N4O4S. The number of hydrogen-bond donors (Lipinski definition) is 2. The molecule has 2 aromatic carbocycles. The third kappa shape index (κ3) is 3.53. The molecule has 0 saturated carbocycles. The molecule has 2 aliphatic heterocycles. The van der Waals surface area contributed by atoms with E-state index in [1.165, 1.54) is 18.3 Å². The van der Waals surface area contributed by atoms with Crippen LogP contribution in [-0.2, 0) is 27.7 Å². The van der Waals surface area contributed by atoms with E-state index in [0.717, 1.165) is 5.56 Å². The minimum Gasteiger partial charge on any atom is -0.326 e. The van der Waals surface area contributed by atoms with Crippen LogP contribution in [0.2, 0.25) is 0 Å². The Kier molecular flexibility index (Phi) is 4.48. The molecule has 1 aromatic heterocycles.